The van der Waals surface area contributed by atoms with Crippen molar-refractivity contribution in [2.75, 3.05) is 57.8 Å². The van der Waals surface area contributed by atoms with Crippen LogP contribution in [0.1, 0.15) is 6.42 Å². The highest BCUT2D eigenvalue weighted by Gasteiger charge is 2.35. The molecule has 0 aromatic heterocycles. The van der Waals surface area contributed by atoms with Gasteiger partial charge in [-0.05, 0) is 30.7 Å². The Bertz CT molecular complexity index is 638. The maximum atomic E-state index is 13.1. The Labute approximate surface area is 156 Å². The number of likely N-dealkylation sites (tertiary alicyclic amines) is 1. The molecular formula is C18H25F4N5. The molecule has 1 atom stereocenters. The van der Waals surface area contributed by atoms with E-state index in [2.05, 4.69) is 20.1 Å². The molecule has 0 aliphatic carbocycles. The van der Waals surface area contributed by atoms with Crippen LogP contribution in [0.4, 0.5) is 23.2 Å². The zero-order valence-corrected chi connectivity index (χ0v) is 15.3. The van der Waals surface area contributed by atoms with Crippen LogP contribution >= 0.6 is 0 Å². The maximum absolute atomic E-state index is 13.1. The third kappa shape index (κ3) is 5.47. The van der Waals surface area contributed by atoms with E-state index in [9.17, 15) is 17.6 Å². The molecule has 2 aliphatic rings. The lowest BCUT2D eigenvalue weighted by molar-refractivity contribution is -0.143. The van der Waals surface area contributed by atoms with E-state index in [1.807, 2.05) is 0 Å². The molecule has 0 spiro atoms. The minimum atomic E-state index is -4.16. The van der Waals surface area contributed by atoms with Crippen LogP contribution in [0.5, 0.6) is 0 Å². The summed E-state index contributed by atoms with van der Waals surface area (Å²) in [6.45, 7) is 2.99. The molecule has 2 heterocycles. The van der Waals surface area contributed by atoms with Crippen LogP contribution in [0.25, 0.3) is 0 Å². The first kappa shape index (κ1) is 19.7. The average Bonchev–Trinajstić information content (AvgIpc) is 3.05. The molecule has 5 nitrogen and oxygen atoms in total. The number of benzene rings is 1. The highest BCUT2D eigenvalue weighted by molar-refractivity contribution is 5.80. The van der Waals surface area contributed by atoms with Gasteiger partial charge in [-0.15, -0.1) is 0 Å². The second-order valence-corrected chi connectivity index (χ2v) is 6.98. The fourth-order valence-electron chi connectivity index (χ4n) is 3.66. The van der Waals surface area contributed by atoms with Gasteiger partial charge >= 0.3 is 6.18 Å². The molecule has 9 heteroatoms. The smallest absolute Gasteiger partial charge is 0.368 e. The normalized spacial score (nSPS) is 22.4. The molecule has 1 aromatic carbocycles. The van der Waals surface area contributed by atoms with Crippen LogP contribution in [0.2, 0.25) is 0 Å². The summed E-state index contributed by atoms with van der Waals surface area (Å²) < 4.78 is 50.7. The highest BCUT2D eigenvalue weighted by atomic mass is 19.4. The van der Waals surface area contributed by atoms with Crippen molar-refractivity contribution in [2.24, 2.45) is 4.99 Å². The molecule has 0 saturated carbocycles. The molecule has 2 aliphatic heterocycles. The van der Waals surface area contributed by atoms with Crippen LogP contribution in [0.3, 0.4) is 0 Å². The minimum Gasteiger partial charge on any atom is -0.368 e. The summed E-state index contributed by atoms with van der Waals surface area (Å²) in [4.78, 5) is 10.0. The van der Waals surface area contributed by atoms with E-state index >= 15 is 0 Å². The van der Waals surface area contributed by atoms with Crippen LogP contribution in [0.15, 0.2) is 29.3 Å². The number of nitrogens with one attached hydrogen (secondary N) is 1. The molecule has 2 fully saturated rings. The van der Waals surface area contributed by atoms with Gasteiger partial charge in [0.25, 0.3) is 0 Å². The fourth-order valence-corrected chi connectivity index (χ4v) is 3.66. The van der Waals surface area contributed by atoms with Gasteiger partial charge in [0.05, 0.1) is 6.54 Å². The SMILES string of the molecule is CN=C(NC1CCN(CC(F)(F)F)C1)N1CCN(c2ccc(F)cc2)CC1. The van der Waals surface area contributed by atoms with Crippen molar-refractivity contribution in [3.8, 4) is 0 Å². The zero-order valence-electron chi connectivity index (χ0n) is 15.3. The number of guanidine groups is 1. The molecule has 1 unspecified atom stereocenters. The van der Waals surface area contributed by atoms with Crippen LogP contribution in [-0.4, -0.2) is 80.8 Å². The molecule has 0 radical (unpaired) electrons. The Morgan fingerprint density at radius 2 is 1.78 bits per heavy atom. The lowest BCUT2D eigenvalue weighted by atomic mass is 10.2. The van der Waals surface area contributed by atoms with Crippen LogP contribution in [-0.2, 0) is 0 Å². The summed E-state index contributed by atoms with van der Waals surface area (Å²) in [6.07, 6.45) is -3.49. The average molecular weight is 387 g/mol. The minimum absolute atomic E-state index is 0.0267. The van der Waals surface area contributed by atoms with Crippen molar-refractivity contribution in [3.63, 3.8) is 0 Å². The van der Waals surface area contributed by atoms with Crippen molar-refractivity contribution in [3.05, 3.63) is 30.1 Å². The van der Waals surface area contributed by atoms with E-state index in [1.165, 1.54) is 17.0 Å². The summed E-state index contributed by atoms with van der Waals surface area (Å²) in [7, 11) is 1.69. The molecule has 150 valence electrons. The maximum Gasteiger partial charge on any atom is 0.401 e. The van der Waals surface area contributed by atoms with Gasteiger partial charge in [-0.2, -0.15) is 13.2 Å². The first-order valence-electron chi connectivity index (χ1n) is 9.12. The predicted molar refractivity (Wildman–Crippen MR) is 97.6 cm³/mol. The van der Waals surface area contributed by atoms with Gasteiger partial charge in [0, 0.05) is 58.0 Å². The Morgan fingerprint density at radius 3 is 2.37 bits per heavy atom. The number of hydrogen-bond donors (Lipinski definition) is 1. The summed E-state index contributed by atoms with van der Waals surface area (Å²) in [6, 6.07) is 6.42. The van der Waals surface area contributed by atoms with Gasteiger partial charge in [-0.3, -0.25) is 9.89 Å². The number of piperazine rings is 1. The second kappa shape index (κ2) is 8.33. The second-order valence-electron chi connectivity index (χ2n) is 6.98. The molecule has 0 bridgehead atoms. The first-order chi connectivity index (χ1) is 12.8. The van der Waals surface area contributed by atoms with Crippen molar-refractivity contribution in [1.29, 1.82) is 0 Å². The van der Waals surface area contributed by atoms with E-state index in [4.69, 9.17) is 0 Å². The van der Waals surface area contributed by atoms with E-state index in [0.29, 0.717) is 19.5 Å². The Balaban J connectivity index is 1.49. The van der Waals surface area contributed by atoms with Gasteiger partial charge in [-0.25, -0.2) is 4.39 Å². The molecule has 27 heavy (non-hydrogen) atoms. The number of rotatable bonds is 3. The third-order valence-electron chi connectivity index (χ3n) is 4.99. The van der Waals surface area contributed by atoms with E-state index in [-0.39, 0.29) is 11.9 Å². The number of nitrogens with zero attached hydrogens (tertiary/aromatic N) is 4. The van der Waals surface area contributed by atoms with Gasteiger partial charge < -0.3 is 15.1 Å². The van der Waals surface area contributed by atoms with Gasteiger partial charge in [0.2, 0.25) is 0 Å². The standard InChI is InChI=1S/C18H25F4N5/c1-23-17(24-15-6-7-25(12-15)13-18(20,21)22)27-10-8-26(9-11-27)16-4-2-14(19)3-5-16/h2-5,15H,6-13H2,1H3,(H,23,24). The Kier molecular flexibility index (Phi) is 6.08. The number of alkyl halides is 3. The number of anilines is 1. The molecule has 0 amide bonds. The highest BCUT2D eigenvalue weighted by Crippen LogP contribution is 2.20. The topological polar surface area (TPSA) is 34.1 Å². The molecule has 1 aromatic rings. The van der Waals surface area contributed by atoms with Crippen LogP contribution in [0, 0.1) is 5.82 Å². The Morgan fingerprint density at radius 1 is 1.11 bits per heavy atom. The van der Waals surface area contributed by atoms with Crippen molar-refractivity contribution in [2.45, 2.75) is 18.6 Å². The van der Waals surface area contributed by atoms with E-state index in [0.717, 1.165) is 37.8 Å². The monoisotopic (exact) mass is 387 g/mol. The third-order valence-corrected chi connectivity index (χ3v) is 4.99. The number of halogens is 4. The summed E-state index contributed by atoms with van der Waals surface area (Å²) in [5.74, 6) is 0.478. The number of hydrogen-bond acceptors (Lipinski definition) is 3. The zero-order chi connectivity index (χ0) is 19.4. The lowest BCUT2D eigenvalue weighted by Gasteiger charge is -2.38. The van der Waals surface area contributed by atoms with Crippen molar-refractivity contribution >= 4 is 11.6 Å². The molecular weight excluding hydrogens is 362 g/mol. The molecule has 2 saturated heterocycles. The quantitative estimate of drug-likeness (QED) is 0.490. The van der Waals surface area contributed by atoms with Crippen molar-refractivity contribution in [1.82, 2.24) is 15.1 Å². The Hall–Kier alpha value is -2.03. The summed E-state index contributed by atoms with van der Waals surface area (Å²) in [5.41, 5.74) is 0.984. The van der Waals surface area contributed by atoms with Gasteiger partial charge in [0.1, 0.15) is 5.82 Å². The summed E-state index contributed by atoms with van der Waals surface area (Å²) in [5, 5.41) is 3.31. The van der Waals surface area contributed by atoms with Gasteiger partial charge in [0.15, 0.2) is 5.96 Å². The largest absolute Gasteiger partial charge is 0.401 e. The number of aliphatic imine (C=N–C) groups is 1. The fraction of sp³-hybridized carbons (Fsp3) is 0.611. The van der Waals surface area contributed by atoms with E-state index in [1.54, 1.807) is 19.2 Å². The predicted octanol–water partition coefficient (Wildman–Crippen LogP) is 2.16. The summed E-state index contributed by atoms with van der Waals surface area (Å²) >= 11 is 0. The lowest BCUT2D eigenvalue weighted by Crippen LogP contribution is -2.54. The van der Waals surface area contributed by atoms with Crippen LogP contribution < -0.4 is 10.2 Å². The van der Waals surface area contributed by atoms with Crippen molar-refractivity contribution < 1.29 is 17.6 Å². The van der Waals surface area contributed by atoms with E-state index < -0.39 is 12.7 Å². The first-order valence-corrected chi connectivity index (χ1v) is 9.12. The van der Waals surface area contributed by atoms with Gasteiger partial charge in [-0.1, -0.05) is 0 Å². The molecule has 3 rings (SSSR count). The molecule has 1 N–H and O–H groups in total.